The summed E-state index contributed by atoms with van der Waals surface area (Å²) in [5.74, 6) is 0.172. The van der Waals surface area contributed by atoms with E-state index in [1.165, 1.54) is 4.31 Å². The van der Waals surface area contributed by atoms with E-state index in [2.05, 4.69) is 0 Å². The van der Waals surface area contributed by atoms with Gasteiger partial charge in [0.1, 0.15) is 0 Å². The first kappa shape index (κ1) is 16.4. The fourth-order valence-corrected chi connectivity index (χ4v) is 4.54. The van der Waals surface area contributed by atoms with E-state index in [9.17, 15) is 13.2 Å². The minimum Gasteiger partial charge on any atom is -0.381 e. The van der Waals surface area contributed by atoms with Gasteiger partial charge in [-0.05, 0) is 25.0 Å². The molecule has 0 spiro atoms. The van der Waals surface area contributed by atoms with Crippen LogP contribution in [-0.4, -0.2) is 62.9 Å². The predicted octanol–water partition coefficient (Wildman–Crippen LogP) is 0.946. The molecule has 0 bridgehead atoms. The van der Waals surface area contributed by atoms with E-state index < -0.39 is 10.0 Å². The number of sulfonamides is 1. The zero-order valence-corrected chi connectivity index (χ0v) is 13.9. The summed E-state index contributed by atoms with van der Waals surface area (Å²) < 4.78 is 31.9. The highest BCUT2D eigenvalue weighted by Gasteiger charge is 2.32. The Labute approximate surface area is 137 Å². The Balaban J connectivity index is 1.61. The van der Waals surface area contributed by atoms with Crippen LogP contribution >= 0.6 is 0 Å². The standard InChI is InChI=1S/C16H22N2O4S/c19-16(14-6-12-22-13-7-14)17-8-10-18(11-9-17)23(20,21)15-4-2-1-3-5-15/h1-5,14H,6-13H2. The minimum absolute atomic E-state index is 0.0287. The first-order valence-electron chi connectivity index (χ1n) is 8.01. The Bertz CT molecular complexity index is 633. The van der Waals surface area contributed by atoms with Gasteiger partial charge in [0.15, 0.2) is 0 Å². The minimum atomic E-state index is -3.46. The van der Waals surface area contributed by atoms with Gasteiger partial charge in [-0.25, -0.2) is 8.42 Å². The maximum atomic E-state index is 12.6. The molecule has 2 fully saturated rings. The Morgan fingerprint density at radius 1 is 1.00 bits per heavy atom. The lowest BCUT2D eigenvalue weighted by Gasteiger charge is -2.36. The lowest BCUT2D eigenvalue weighted by molar-refractivity contribution is -0.139. The highest BCUT2D eigenvalue weighted by Crippen LogP contribution is 2.21. The fourth-order valence-electron chi connectivity index (χ4n) is 3.09. The van der Waals surface area contributed by atoms with Crippen molar-refractivity contribution in [3.63, 3.8) is 0 Å². The van der Waals surface area contributed by atoms with Crippen LogP contribution in [0.5, 0.6) is 0 Å². The highest BCUT2D eigenvalue weighted by molar-refractivity contribution is 7.89. The van der Waals surface area contributed by atoms with Crippen LogP contribution in [0.4, 0.5) is 0 Å². The van der Waals surface area contributed by atoms with Crippen LogP contribution < -0.4 is 0 Å². The first-order chi connectivity index (χ1) is 11.1. The van der Waals surface area contributed by atoms with Crippen LogP contribution in [0.25, 0.3) is 0 Å². The van der Waals surface area contributed by atoms with Crippen molar-refractivity contribution in [2.75, 3.05) is 39.4 Å². The number of benzene rings is 1. The predicted molar refractivity (Wildman–Crippen MR) is 85.3 cm³/mol. The highest BCUT2D eigenvalue weighted by atomic mass is 32.2. The average molecular weight is 338 g/mol. The molecule has 1 aromatic carbocycles. The van der Waals surface area contributed by atoms with Crippen molar-refractivity contribution in [2.45, 2.75) is 17.7 Å². The molecule has 0 atom stereocenters. The van der Waals surface area contributed by atoms with Gasteiger partial charge in [-0.2, -0.15) is 4.31 Å². The molecule has 1 amide bonds. The Kier molecular flexibility index (Phi) is 4.99. The summed E-state index contributed by atoms with van der Waals surface area (Å²) in [6, 6.07) is 8.45. The number of carbonyl (C=O) groups is 1. The monoisotopic (exact) mass is 338 g/mol. The molecule has 2 heterocycles. The van der Waals surface area contributed by atoms with E-state index >= 15 is 0 Å². The van der Waals surface area contributed by atoms with Gasteiger partial charge in [0, 0.05) is 45.3 Å². The quantitative estimate of drug-likeness (QED) is 0.823. The molecular formula is C16H22N2O4S. The number of ether oxygens (including phenoxy) is 1. The zero-order valence-electron chi connectivity index (χ0n) is 13.1. The van der Waals surface area contributed by atoms with E-state index in [4.69, 9.17) is 4.74 Å². The number of carbonyl (C=O) groups excluding carboxylic acids is 1. The number of hydrogen-bond acceptors (Lipinski definition) is 4. The molecule has 2 aliphatic heterocycles. The average Bonchev–Trinajstić information content (AvgIpc) is 2.63. The molecule has 23 heavy (non-hydrogen) atoms. The fraction of sp³-hybridized carbons (Fsp3) is 0.562. The van der Waals surface area contributed by atoms with Crippen molar-refractivity contribution in [3.8, 4) is 0 Å². The second kappa shape index (κ2) is 6.98. The third-order valence-corrected chi connectivity index (χ3v) is 6.41. The zero-order chi connectivity index (χ0) is 16.3. The Hall–Kier alpha value is -1.44. The summed E-state index contributed by atoms with van der Waals surface area (Å²) in [5, 5.41) is 0. The van der Waals surface area contributed by atoms with Crippen LogP contribution in [-0.2, 0) is 19.6 Å². The van der Waals surface area contributed by atoms with E-state index in [0.717, 1.165) is 12.8 Å². The molecule has 6 nitrogen and oxygen atoms in total. The van der Waals surface area contributed by atoms with Crippen LogP contribution in [0.15, 0.2) is 35.2 Å². The van der Waals surface area contributed by atoms with Gasteiger partial charge in [-0.1, -0.05) is 18.2 Å². The summed E-state index contributed by atoms with van der Waals surface area (Å²) in [6.45, 7) is 2.90. The molecular weight excluding hydrogens is 316 g/mol. The molecule has 0 saturated carbocycles. The molecule has 3 rings (SSSR count). The number of nitrogens with zero attached hydrogens (tertiary/aromatic N) is 2. The molecule has 126 valence electrons. The van der Waals surface area contributed by atoms with Crippen molar-refractivity contribution in [3.05, 3.63) is 30.3 Å². The van der Waals surface area contributed by atoms with Crippen molar-refractivity contribution >= 4 is 15.9 Å². The number of amides is 1. The van der Waals surface area contributed by atoms with Gasteiger partial charge in [-0.3, -0.25) is 4.79 Å². The van der Waals surface area contributed by atoms with Crippen LogP contribution in [0.1, 0.15) is 12.8 Å². The second-order valence-corrected chi connectivity index (χ2v) is 7.87. The molecule has 0 aromatic heterocycles. The molecule has 2 saturated heterocycles. The van der Waals surface area contributed by atoms with Gasteiger partial charge in [0.2, 0.25) is 15.9 Å². The van der Waals surface area contributed by atoms with E-state index in [1.807, 2.05) is 0 Å². The third kappa shape index (κ3) is 3.57. The van der Waals surface area contributed by atoms with Crippen molar-refractivity contribution in [1.29, 1.82) is 0 Å². The van der Waals surface area contributed by atoms with E-state index in [0.29, 0.717) is 44.3 Å². The summed E-state index contributed by atoms with van der Waals surface area (Å²) in [5.41, 5.74) is 0. The number of piperazine rings is 1. The largest absolute Gasteiger partial charge is 0.381 e. The second-order valence-electron chi connectivity index (χ2n) is 5.93. The Morgan fingerprint density at radius 3 is 2.22 bits per heavy atom. The molecule has 0 N–H and O–H groups in total. The number of rotatable bonds is 3. The molecule has 2 aliphatic rings. The first-order valence-corrected chi connectivity index (χ1v) is 9.45. The van der Waals surface area contributed by atoms with E-state index in [-0.39, 0.29) is 11.8 Å². The SMILES string of the molecule is O=C(C1CCOCC1)N1CCN(S(=O)(=O)c2ccccc2)CC1. The summed E-state index contributed by atoms with van der Waals surface area (Å²) in [6.07, 6.45) is 1.53. The Morgan fingerprint density at radius 2 is 1.61 bits per heavy atom. The van der Waals surface area contributed by atoms with Crippen LogP contribution in [0.2, 0.25) is 0 Å². The lowest BCUT2D eigenvalue weighted by atomic mass is 9.98. The van der Waals surface area contributed by atoms with Gasteiger partial charge >= 0.3 is 0 Å². The lowest BCUT2D eigenvalue weighted by Crippen LogP contribution is -2.52. The molecule has 0 aliphatic carbocycles. The molecule has 0 unspecified atom stereocenters. The van der Waals surface area contributed by atoms with E-state index in [1.54, 1.807) is 35.2 Å². The maximum absolute atomic E-state index is 12.6. The summed E-state index contributed by atoms with van der Waals surface area (Å²) in [4.78, 5) is 14.6. The van der Waals surface area contributed by atoms with Crippen molar-refractivity contribution in [2.24, 2.45) is 5.92 Å². The van der Waals surface area contributed by atoms with Crippen molar-refractivity contribution < 1.29 is 17.9 Å². The van der Waals surface area contributed by atoms with Crippen LogP contribution in [0.3, 0.4) is 0 Å². The van der Waals surface area contributed by atoms with Gasteiger partial charge in [-0.15, -0.1) is 0 Å². The maximum Gasteiger partial charge on any atom is 0.243 e. The molecule has 7 heteroatoms. The normalized spacial score (nSPS) is 21.3. The van der Waals surface area contributed by atoms with Crippen LogP contribution in [0, 0.1) is 5.92 Å². The van der Waals surface area contributed by atoms with Gasteiger partial charge in [0.25, 0.3) is 0 Å². The van der Waals surface area contributed by atoms with Gasteiger partial charge < -0.3 is 9.64 Å². The van der Waals surface area contributed by atoms with Gasteiger partial charge in [0.05, 0.1) is 4.90 Å². The summed E-state index contributed by atoms with van der Waals surface area (Å²) in [7, 11) is -3.46. The van der Waals surface area contributed by atoms with Crippen molar-refractivity contribution in [1.82, 2.24) is 9.21 Å². The number of hydrogen-bond donors (Lipinski definition) is 0. The third-order valence-electron chi connectivity index (χ3n) is 4.50. The topological polar surface area (TPSA) is 66.9 Å². The smallest absolute Gasteiger partial charge is 0.243 e. The molecule has 0 radical (unpaired) electrons. The summed E-state index contributed by atoms with van der Waals surface area (Å²) >= 11 is 0. The molecule has 1 aromatic rings.